The minimum Gasteiger partial charge on any atom is -0.496 e. The summed E-state index contributed by atoms with van der Waals surface area (Å²) in [4.78, 5) is 19.7. The van der Waals surface area contributed by atoms with E-state index >= 15 is 0 Å². The molecule has 1 aromatic carbocycles. The van der Waals surface area contributed by atoms with Gasteiger partial charge in [-0.3, -0.25) is 19.9 Å². The number of nitro benzene ring substituents is 1. The lowest BCUT2D eigenvalue weighted by Crippen LogP contribution is -2.21. The van der Waals surface area contributed by atoms with Crippen LogP contribution in [-0.4, -0.2) is 40.3 Å². The van der Waals surface area contributed by atoms with E-state index in [4.69, 9.17) is 26.4 Å². The van der Waals surface area contributed by atoms with Crippen molar-refractivity contribution in [2.24, 2.45) is 16.5 Å². The van der Waals surface area contributed by atoms with Crippen LogP contribution >= 0.6 is 23.7 Å². The highest BCUT2D eigenvalue weighted by Gasteiger charge is 2.26. The minimum atomic E-state index is -0.563. The fourth-order valence-electron chi connectivity index (χ4n) is 2.61. The van der Waals surface area contributed by atoms with E-state index in [-0.39, 0.29) is 29.7 Å². The number of hydrogen-bond acceptors (Lipinski definition) is 7. The number of hydrogen-bond donors (Lipinski definition) is 3. The van der Waals surface area contributed by atoms with E-state index in [0.717, 1.165) is 0 Å². The third-order valence-electron chi connectivity index (χ3n) is 3.70. The lowest BCUT2D eigenvalue weighted by atomic mass is 10.1. The zero-order valence-electron chi connectivity index (χ0n) is 14.7. The molecule has 2 aromatic heterocycles. The molecule has 148 valence electrons. The van der Waals surface area contributed by atoms with Gasteiger partial charge in [-0.05, 0) is 0 Å². The van der Waals surface area contributed by atoms with Crippen molar-refractivity contribution in [3.8, 4) is 22.8 Å². The number of imidazole rings is 1. The van der Waals surface area contributed by atoms with Gasteiger partial charge in [0, 0.05) is 23.7 Å². The molecule has 5 N–H and O–H groups in total. The van der Waals surface area contributed by atoms with Gasteiger partial charge in [-0.1, -0.05) is 0 Å². The van der Waals surface area contributed by atoms with Crippen molar-refractivity contribution in [3.05, 3.63) is 39.5 Å². The van der Waals surface area contributed by atoms with E-state index in [1.54, 1.807) is 16.0 Å². The predicted molar refractivity (Wildman–Crippen MR) is 108 cm³/mol. The summed E-state index contributed by atoms with van der Waals surface area (Å²) in [5, 5.41) is 20.6. The predicted octanol–water partition coefficient (Wildman–Crippen LogP) is 2.01. The molecule has 0 atom stereocenters. The third-order valence-corrected chi connectivity index (χ3v) is 4.46. The normalized spacial score (nSPS) is 11.1. The van der Waals surface area contributed by atoms with Crippen molar-refractivity contribution in [2.75, 3.05) is 14.2 Å². The number of nitrogens with zero attached hydrogens (tertiary/aromatic N) is 4. The van der Waals surface area contributed by atoms with Gasteiger partial charge in [0.15, 0.2) is 10.8 Å². The molecule has 0 fully saturated rings. The number of fused-ring (bicyclic) bond motifs is 1. The average Bonchev–Trinajstić information content (AvgIpc) is 3.20. The Morgan fingerprint density at radius 1 is 1.32 bits per heavy atom. The second-order valence-electron chi connectivity index (χ2n) is 5.23. The number of benzene rings is 1. The summed E-state index contributed by atoms with van der Waals surface area (Å²) in [6.45, 7) is 0. The fraction of sp³-hybridized carbons (Fsp3) is 0.133. The number of aliphatic imine (C=N–C) groups is 1. The average molecular weight is 426 g/mol. The van der Waals surface area contributed by atoms with Crippen molar-refractivity contribution < 1.29 is 14.4 Å². The Labute approximate surface area is 168 Å². The second-order valence-corrected chi connectivity index (χ2v) is 6.10. The number of nitrogens with two attached hydrogens (primary N) is 2. The van der Waals surface area contributed by atoms with Crippen LogP contribution < -0.4 is 20.9 Å². The molecule has 2 heterocycles. The summed E-state index contributed by atoms with van der Waals surface area (Å²) in [5.41, 5.74) is 12.1. The fourth-order valence-corrected chi connectivity index (χ4v) is 3.32. The third kappa shape index (κ3) is 3.54. The van der Waals surface area contributed by atoms with Crippen LogP contribution in [0.4, 0.5) is 5.69 Å². The molecule has 28 heavy (non-hydrogen) atoms. The maximum Gasteiger partial charge on any atom is 0.311 e. The molecule has 0 bridgehead atoms. The highest BCUT2D eigenvalue weighted by atomic mass is 35.5. The van der Waals surface area contributed by atoms with E-state index in [1.807, 2.05) is 0 Å². The van der Waals surface area contributed by atoms with Crippen LogP contribution in [0.5, 0.6) is 11.5 Å². The molecular formula is C15H16ClN7O4S. The highest BCUT2D eigenvalue weighted by Crippen LogP contribution is 2.41. The van der Waals surface area contributed by atoms with Crippen LogP contribution in [0.15, 0.2) is 28.7 Å². The SMILES string of the molecule is COc1cc(OC)c([N+](=O)[O-])cc1-c1nc2sccn2c1/C(N)=N/C(=N)N.Cl. The summed E-state index contributed by atoms with van der Waals surface area (Å²) in [6, 6.07) is 2.71. The largest absolute Gasteiger partial charge is 0.496 e. The Hall–Kier alpha value is -3.38. The standard InChI is InChI=1S/C15H15N7O4S.ClH/c1-25-9-6-10(26-2)8(22(23)24)5-7(9)11-12(13(16)20-14(17)18)21-3-4-27-15(21)19-11;/h3-6H,1-2H3,(H5,16,17,18,20);1H. The number of guanidine groups is 1. The van der Waals surface area contributed by atoms with Gasteiger partial charge in [-0.15, -0.1) is 23.7 Å². The Balaban J connectivity index is 0.00000280. The summed E-state index contributed by atoms with van der Waals surface area (Å²) >= 11 is 1.34. The van der Waals surface area contributed by atoms with Crippen LogP contribution in [-0.2, 0) is 0 Å². The molecule has 0 aliphatic carbocycles. The lowest BCUT2D eigenvalue weighted by Gasteiger charge is -2.11. The number of methoxy groups -OCH3 is 2. The number of nitro groups is 1. The summed E-state index contributed by atoms with van der Waals surface area (Å²) in [7, 11) is 2.76. The maximum atomic E-state index is 11.4. The number of rotatable bonds is 5. The van der Waals surface area contributed by atoms with E-state index in [2.05, 4.69) is 9.98 Å². The number of thiazole rings is 1. The monoisotopic (exact) mass is 425 g/mol. The minimum absolute atomic E-state index is 0. The Bertz CT molecular complexity index is 1090. The van der Waals surface area contributed by atoms with E-state index in [0.29, 0.717) is 27.7 Å². The second kappa shape index (κ2) is 8.10. The van der Waals surface area contributed by atoms with Crippen LogP contribution in [0.25, 0.3) is 16.2 Å². The van der Waals surface area contributed by atoms with Crippen molar-refractivity contribution in [1.82, 2.24) is 9.38 Å². The molecular weight excluding hydrogens is 410 g/mol. The van der Waals surface area contributed by atoms with E-state index < -0.39 is 10.9 Å². The molecule has 0 aliphatic heterocycles. The number of nitrogens with one attached hydrogen (secondary N) is 1. The first kappa shape index (κ1) is 20.9. The Kier molecular flexibility index (Phi) is 6.06. The first-order valence-corrected chi connectivity index (χ1v) is 8.30. The molecule has 0 aliphatic rings. The number of halogens is 1. The summed E-state index contributed by atoms with van der Waals surface area (Å²) in [5.74, 6) is -0.172. The number of aromatic nitrogens is 2. The summed E-state index contributed by atoms with van der Waals surface area (Å²) < 4.78 is 12.1. The van der Waals surface area contributed by atoms with Crippen molar-refractivity contribution in [2.45, 2.75) is 0 Å². The molecule has 3 aromatic rings. The van der Waals surface area contributed by atoms with Gasteiger partial charge in [-0.2, -0.15) is 4.99 Å². The number of amidine groups is 1. The van der Waals surface area contributed by atoms with E-state index in [1.165, 1.54) is 37.7 Å². The molecule has 0 saturated carbocycles. The van der Waals surface area contributed by atoms with Gasteiger partial charge in [0.25, 0.3) is 0 Å². The topological polar surface area (TPSA) is 167 Å². The molecule has 3 rings (SSSR count). The van der Waals surface area contributed by atoms with Gasteiger partial charge >= 0.3 is 5.69 Å². The van der Waals surface area contributed by atoms with Crippen molar-refractivity contribution >= 4 is 46.2 Å². The molecule has 11 nitrogen and oxygen atoms in total. The zero-order chi connectivity index (χ0) is 19.7. The van der Waals surface area contributed by atoms with Crippen LogP contribution in [0, 0.1) is 15.5 Å². The molecule has 0 spiro atoms. The molecule has 13 heteroatoms. The van der Waals surface area contributed by atoms with Crippen LogP contribution in [0.1, 0.15) is 5.69 Å². The van der Waals surface area contributed by atoms with E-state index in [9.17, 15) is 10.1 Å². The first-order chi connectivity index (χ1) is 12.9. The quantitative estimate of drug-likeness (QED) is 0.243. The highest BCUT2D eigenvalue weighted by molar-refractivity contribution is 7.15. The molecule has 0 saturated heterocycles. The smallest absolute Gasteiger partial charge is 0.311 e. The summed E-state index contributed by atoms with van der Waals surface area (Å²) in [6.07, 6.45) is 1.72. The zero-order valence-corrected chi connectivity index (χ0v) is 16.3. The lowest BCUT2D eigenvalue weighted by molar-refractivity contribution is -0.385. The van der Waals surface area contributed by atoms with Crippen LogP contribution in [0.2, 0.25) is 0 Å². The van der Waals surface area contributed by atoms with Crippen molar-refractivity contribution in [1.29, 1.82) is 5.41 Å². The molecule has 0 unspecified atom stereocenters. The van der Waals surface area contributed by atoms with Gasteiger partial charge in [0.2, 0.25) is 11.7 Å². The van der Waals surface area contributed by atoms with Gasteiger partial charge in [0.05, 0.1) is 24.7 Å². The Morgan fingerprint density at radius 2 is 2.00 bits per heavy atom. The maximum absolute atomic E-state index is 11.4. The first-order valence-electron chi connectivity index (χ1n) is 7.42. The molecule has 0 amide bonds. The van der Waals surface area contributed by atoms with Crippen molar-refractivity contribution in [3.63, 3.8) is 0 Å². The van der Waals surface area contributed by atoms with Gasteiger partial charge in [0.1, 0.15) is 17.1 Å². The van der Waals surface area contributed by atoms with Gasteiger partial charge in [-0.25, -0.2) is 4.98 Å². The van der Waals surface area contributed by atoms with Gasteiger partial charge < -0.3 is 20.9 Å². The molecule has 0 radical (unpaired) electrons. The number of ether oxygens (including phenoxy) is 2. The Morgan fingerprint density at radius 3 is 2.57 bits per heavy atom. The van der Waals surface area contributed by atoms with Crippen LogP contribution in [0.3, 0.4) is 0 Å².